The van der Waals surface area contributed by atoms with E-state index in [0.29, 0.717) is 17.6 Å². The third-order valence-corrected chi connectivity index (χ3v) is 6.04. The number of thioether (sulfide) groups is 1. The van der Waals surface area contributed by atoms with Crippen LogP contribution in [-0.2, 0) is 10.0 Å². The Morgan fingerprint density at radius 1 is 1.35 bits per heavy atom. The Balaban J connectivity index is 2.40. The first-order valence-electron chi connectivity index (χ1n) is 6.26. The fraction of sp³-hybridized carbons (Fsp3) is 1.00. The summed E-state index contributed by atoms with van der Waals surface area (Å²) in [6.07, 6.45) is 4.66. The molecular formula is C11H22ClNO2S2. The summed E-state index contributed by atoms with van der Waals surface area (Å²) in [6.45, 7) is 2.12. The number of alkyl halides is 1. The van der Waals surface area contributed by atoms with Gasteiger partial charge in [0.1, 0.15) is 0 Å². The fourth-order valence-corrected chi connectivity index (χ4v) is 5.07. The molecule has 0 amide bonds. The molecule has 3 nitrogen and oxygen atoms in total. The lowest BCUT2D eigenvalue weighted by molar-refractivity contribution is 0.552. The van der Waals surface area contributed by atoms with Crippen molar-refractivity contribution in [1.29, 1.82) is 0 Å². The SMILES string of the molecule is CCSC1CCCC1NS(=O)(=O)CCCCCl. The number of hydrogen-bond acceptors (Lipinski definition) is 3. The van der Waals surface area contributed by atoms with Crippen molar-refractivity contribution in [2.45, 2.75) is 50.3 Å². The lowest BCUT2D eigenvalue weighted by Gasteiger charge is -2.20. The highest BCUT2D eigenvalue weighted by atomic mass is 35.5. The van der Waals surface area contributed by atoms with Crippen molar-refractivity contribution in [3.8, 4) is 0 Å². The van der Waals surface area contributed by atoms with Gasteiger partial charge in [0, 0.05) is 17.2 Å². The molecule has 0 aromatic heterocycles. The van der Waals surface area contributed by atoms with Crippen LogP contribution in [0.15, 0.2) is 0 Å². The van der Waals surface area contributed by atoms with Gasteiger partial charge in [0.05, 0.1) is 5.75 Å². The zero-order chi connectivity index (χ0) is 12.7. The van der Waals surface area contributed by atoms with Crippen LogP contribution in [0, 0.1) is 0 Å². The third kappa shape index (κ3) is 5.81. The van der Waals surface area contributed by atoms with Gasteiger partial charge in [-0.15, -0.1) is 11.6 Å². The Bertz CT molecular complexity index is 309. The molecule has 17 heavy (non-hydrogen) atoms. The Hall–Kier alpha value is 0.550. The van der Waals surface area contributed by atoms with Crippen molar-refractivity contribution in [2.75, 3.05) is 17.4 Å². The predicted octanol–water partition coefficient (Wildman–Crippen LogP) is 2.60. The molecule has 2 unspecified atom stereocenters. The van der Waals surface area contributed by atoms with Gasteiger partial charge in [0.2, 0.25) is 10.0 Å². The topological polar surface area (TPSA) is 46.2 Å². The highest BCUT2D eigenvalue weighted by Crippen LogP contribution is 2.30. The number of hydrogen-bond donors (Lipinski definition) is 1. The largest absolute Gasteiger partial charge is 0.212 e. The zero-order valence-electron chi connectivity index (χ0n) is 10.3. The first kappa shape index (κ1) is 15.6. The van der Waals surface area contributed by atoms with Crippen LogP contribution in [0.3, 0.4) is 0 Å². The van der Waals surface area contributed by atoms with Gasteiger partial charge in [-0.1, -0.05) is 13.3 Å². The van der Waals surface area contributed by atoms with Crippen molar-refractivity contribution >= 4 is 33.4 Å². The average Bonchev–Trinajstić information content (AvgIpc) is 2.66. The Labute approximate surface area is 114 Å². The number of unbranched alkanes of at least 4 members (excludes halogenated alkanes) is 1. The average molecular weight is 300 g/mol. The van der Waals surface area contributed by atoms with Gasteiger partial charge in [0.15, 0.2) is 0 Å². The minimum atomic E-state index is -3.11. The van der Waals surface area contributed by atoms with Gasteiger partial charge in [-0.3, -0.25) is 0 Å². The summed E-state index contributed by atoms with van der Waals surface area (Å²) in [5.41, 5.74) is 0. The molecule has 1 aliphatic carbocycles. The minimum Gasteiger partial charge on any atom is -0.212 e. The third-order valence-electron chi connectivity index (χ3n) is 2.96. The van der Waals surface area contributed by atoms with E-state index in [-0.39, 0.29) is 11.8 Å². The predicted molar refractivity (Wildman–Crippen MR) is 76.4 cm³/mol. The van der Waals surface area contributed by atoms with Crippen LogP contribution in [0.25, 0.3) is 0 Å². The molecule has 0 heterocycles. The highest BCUT2D eigenvalue weighted by Gasteiger charge is 2.30. The maximum atomic E-state index is 11.8. The maximum absolute atomic E-state index is 11.8. The normalized spacial score (nSPS) is 25.3. The summed E-state index contributed by atoms with van der Waals surface area (Å²) in [7, 11) is -3.11. The Morgan fingerprint density at radius 2 is 2.12 bits per heavy atom. The second kappa shape index (κ2) is 7.87. The molecule has 0 saturated heterocycles. The molecule has 1 rings (SSSR count). The fourth-order valence-electron chi connectivity index (χ4n) is 2.15. The van der Waals surface area contributed by atoms with Gasteiger partial charge in [0.25, 0.3) is 0 Å². The standard InChI is InChI=1S/C11H22ClNO2S2/c1-2-16-11-7-5-6-10(11)13-17(14,15)9-4-3-8-12/h10-11,13H,2-9H2,1H3. The van der Waals surface area contributed by atoms with Crippen LogP contribution in [0.4, 0.5) is 0 Å². The molecule has 0 spiro atoms. The van der Waals surface area contributed by atoms with E-state index in [9.17, 15) is 8.42 Å². The van der Waals surface area contributed by atoms with Crippen LogP contribution >= 0.6 is 23.4 Å². The van der Waals surface area contributed by atoms with E-state index in [4.69, 9.17) is 11.6 Å². The quantitative estimate of drug-likeness (QED) is 0.553. The van der Waals surface area contributed by atoms with Crippen LogP contribution in [0.5, 0.6) is 0 Å². The lowest BCUT2D eigenvalue weighted by Crippen LogP contribution is -2.40. The molecule has 1 N–H and O–H groups in total. The summed E-state index contributed by atoms with van der Waals surface area (Å²) >= 11 is 7.41. The molecule has 0 bridgehead atoms. The molecule has 2 atom stereocenters. The molecule has 1 aliphatic rings. The van der Waals surface area contributed by atoms with Gasteiger partial charge < -0.3 is 0 Å². The van der Waals surface area contributed by atoms with Crippen LogP contribution in [-0.4, -0.2) is 37.1 Å². The first-order valence-corrected chi connectivity index (χ1v) is 9.50. The van der Waals surface area contributed by atoms with E-state index in [2.05, 4.69) is 11.6 Å². The molecule has 1 saturated carbocycles. The Morgan fingerprint density at radius 3 is 2.76 bits per heavy atom. The van der Waals surface area contributed by atoms with Crippen molar-refractivity contribution in [1.82, 2.24) is 4.72 Å². The number of rotatable bonds is 8. The monoisotopic (exact) mass is 299 g/mol. The van der Waals surface area contributed by atoms with Gasteiger partial charge in [-0.25, -0.2) is 13.1 Å². The Kier molecular flexibility index (Phi) is 7.22. The van der Waals surface area contributed by atoms with Gasteiger partial charge >= 0.3 is 0 Å². The van der Waals surface area contributed by atoms with Crippen molar-refractivity contribution < 1.29 is 8.42 Å². The molecule has 0 aromatic rings. The van der Waals surface area contributed by atoms with E-state index in [1.807, 2.05) is 11.8 Å². The molecule has 0 aliphatic heterocycles. The molecular weight excluding hydrogens is 278 g/mol. The first-order chi connectivity index (χ1) is 8.09. The second-order valence-electron chi connectivity index (χ2n) is 4.36. The maximum Gasteiger partial charge on any atom is 0.211 e. The van der Waals surface area contributed by atoms with E-state index in [0.717, 1.165) is 31.4 Å². The van der Waals surface area contributed by atoms with E-state index >= 15 is 0 Å². The minimum absolute atomic E-state index is 0.140. The summed E-state index contributed by atoms with van der Waals surface area (Å²) in [5.74, 6) is 1.79. The summed E-state index contributed by atoms with van der Waals surface area (Å²) in [4.78, 5) is 0. The van der Waals surface area contributed by atoms with Crippen molar-refractivity contribution in [3.63, 3.8) is 0 Å². The second-order valence-corrected chi connectivity index (χ2v) is 8.13. The van der Waals surface area contributed by atoms with Gasteiger partial charge in [-0.2, -0.15) is 11.8 Å². The van der Waals surface area contributed by atoms with Crippen molar-refractivity contribution in [3.05, 3.63) is 0 Å². The summed E-state index contributed by atoms with van der Waals surface area (Å²) in [5, 5.41) is 0.461. The smallest absolute Gasteiger partial charge is 0.211 e. The molecule has 102 valence electrons. The van der Waals surface area contributed by atoms with Crippen molar-refractivity contribution in [2.24, 2.45) is 0 Å². The molecule has 6 heteroatoms. The van der Waals surface area contributed by atoms with E-state index < -0.39 is 10.0 Å². The molecule has 0 aromatic carbocycles. The zero-order valence-corrected chi connectivity index (χ0v) is 12.7. The molecule has 1 fully saturated rings. The van der Waals surface area contributed by atoms with E-state index in [1.54, 1.807) is 0 Å². The van der Waals surface area contributed by atoms with Crippen LogP contribution in [0.1, 0.15) is 39.0 Å². The number of nitrogens with one attached hydrogen (secondary N) is 1. The summed E-state index contributed by atoms with van der Waals surface area (Å²) in [6, 6.07) is 0.140. The highest BCUT2D eigenvalue weighted by molar-refractivity contribution is 8.00. The van der Waals surface area contributed by atoms with Gasteiger partial charge in [-0.05, 0) is 31.4 Å². The number of halogens is 1. The van der Waals surface area contributed by atoms with E-state index in [1.165, 1.54) is 0 Å². The molecule has 0 radical (unpaired) electrons. The summed E-state index contributed by atoms with van der Waals surface area (Å²) < 4.78 is 26.6. The number of sulfonamides is 1. The van der Waals surface area contributed by atoms with Crippen LogP contribution < -0.4 is 4.72 Å². The van der Waals surface area contributed by atoms with Crippen LogP contribution in [0.2, 0.25) is 0 Å². The lowest BCUT2D eigenvalue weighted by atomic mass is 10.3.